The van der Waals surface area contributed by atoms with Crippen molar-refractivity contribution >= 4 is 137 Å². The summed E-state index contributed by atoms with van der Waals surface area (Å²) >= 11 is 0. The molecule has 656 valence electrons. The number of nitrogens with two attached hydrogens (primary N) is 4. The van der Waals surface area contributed by atoms with Crippen molar-refractivity contribution in [2.45, 2.75) is 107 Å². The minimum atomic E-state index is -4.57. The van der Waals surface area contributed by atoms with E-state index in [4.69, 9.17) is 22.9 Å². The van der Waals surface area contributed by atoms with Crippen molar-refractivity contribution < 1.29 is 54.3 Å². The van der Waals surface area contributed by atoms with Crippen molar-refractivity contribution in [3.05, 3.63) is 240 Å². The molecule has 32 nitrogen and oxygen atoms in total. The summed E-state index contributed by atoms with van der Waals surface area (Å²) in [4.78, 5) is 82.1. The Morgan fingerprint density at radius 2 is 0.617 bits per heavy atom. The second-order valence-electron chi connectivity index (χ2n) is 30.2. The Bertz CT molecular complexity index is 6900. The van der Waals surface area contributed by atoms with Crippen LogP contribution in [0.15, 0.2) is 189 Å². The monoisotopic (exact) mass is 1750 g/mol. The van der Waals surface area contributed by atoms with E-state index in [9.17, 15) is 54.3 Å². The average molecular weight is 1750 g/mol. The zero-order valence-electron chi connectivity index (χ0n) is 70.3. The van der Waals surface area contributed by atoms with Crippen LogP contribution in [0.25, 0.3) is 89.2 Å². The quantitative estimate of drug-likeness (QED) is 0.0400. The summed E-state index contributed by atoms with van der Waals surface area (Å²) in [5, 5.41) is 40.1. The molecular formula is C88H84F8N28O4. The molecule has 8 aromatic heterocycles. The standard InChI is InChI=1S/C23H21F4N7O.C22H21F2N7O.C22H22FN7O.C21H20FN7O/c1-11(2)34-21-18(20(28)29-10-30-21)19(33-34)13-5-7-17(16(24)8-13)32-22(35)31-14-6-4-12(3)15(9-14)23(25,26)27;1-11(2)31-21-18(20(25)26-10-27-21)19(30-31)13-5-7-16(15(24)9-13)28-22(32)29-17-8-12(3)4-6-14(17)23;1-12(2)30-21-18(20(24)25-11-26-21)19(29-30)14-7-8-17(16(23)10-14)28-22(31)27-15-6-4-5-13(3)9-15;1-12(2)29-20-17(19(23)24-11-25-20)18(28-29)13-8-9-16(15(22)10-13)27-21(30)26-14-6-4-3-5-7-14/h4-11H,1-3H3,(H2,28,29,30)(H2,31,32,35);4-11H,1-3H3,(H2,25,26,27)(H2,28,29,32);4-12H,1-3H3,(H2,24,25,26)(H2,27,28,31);3-12H,1-2H3,(H2,23,24,25)(H2,26,27,30). The number of hydrogen-bond donors (Lipinski definition) is 12. The van der Waals surface area contributed by atoms with Crippen molar-refractivity contribution in [3.8, 4) is 45.0 Å². The first-order valence-electron chi connectivity index (χ1n) is 39.5. The first kappa shape index (κ1) is 89.4. The van der Waals surface area contributed by atoms with E-state index >= 15 is 0 Å². The molecule has 0 unspecified atom stereocenters. The number of fused-ring (bicyclic) bond motifs is 4. The molecule has 0 aliphatic rings. The molecule has 0 aliphatic heterocycles. The van der Waals surface area contributed by atoms with Crippen molar-refractivity contribution in [1.29, 1.82) is 0 Å². The van der Waals surface area contributed by atoms with Gasteiger partial charge in [0.25, 0.3) is 0 Å². The van der Waals surface area contributed by atoms with Gasteiger partial charge in [0.05, 0.1) is 55.5 Å². The van der Waals surface area contributed by atoms with Gasteiger partial charge in [-0.1, -0.05) is 66.7 Å². The molecule has 0 atom stereocenters. The third-order valence-electron chi connectivity index (χ3n) is 19.5. The number of carbonyl (C=O) groups is 4. The number of aryl methyl sites for hydroxylation is 3. The molecule has 0 aliphatic carbocycles. The van der Waals surface area contributed by atoms with E-state index in [2.05, 4.69) is 103 Å². The Labute approximate surface area is 724 Å². The minimum absolute atomic E-state index is 0.000647. The largest absolute Gasteiger partial charge is 0.416 e. The van der Waals surface area contributed by atoms with Crippen LogP contribution in [-0.4, -0.2) is 103 Å². The van der Waals surface area contributed by atoms with Crippen LogP contribution in [0.5, 0.6) is 0 Å². The number of amides is 8. The number of carbonyl (C=O) groups excluding carboxylic acids is 4. The molecule has 0 bridgehead atoms. The third kappa shape index (κ3) is 20.1. The summed E-state index contributed by atoms with van der Waals surface area (Å²) < 4.78 is 119. The molecule has 0 saturated heterocycles. The maximum atomic E-state index is 14.9. The van der Waals surface area contributed by atoms with Gasteiger partial charge in [-0.25, -0.2) is 99.7 Å². The lowest BCUT2D eigenvalue weighted by molar-refractivity contribution is -0.138. The second kappa shape index (κ2) is 37.8. The molecule has 0 spiro atoms. The van der Waals surface area contributed by atoms with Gasteiger partial charge in [0, 0.05) is 63.5 Å². The van der Waals surface area contributed by atoms with E-state index in [0.29, 0.717) is 101 Å². The van der Waals surface area contributed by atoms with Crippen molar-refractivity contribution in [1.82, 2.24) is 79.0 Å². The number of halogens is 8. The predicted molar refractivity (Wildman–Crippen MR) is 478 cm³/mol. The summed E-state index contributed by atoms with van der Waals surface area (Å²) in [6.45, 7) is 20.6. The molecule has 40 heteroatoms. The van der Waals surface area contributed by atoms with Crippen LogP contribution in [0.3, 0.4) is 0 Å². The van der Waals surface area contributed by atoms with Gasteiger partial charge in [0.2, 0.25) is 0 Å². The lowest BCUT2D eigenvalue weighted by atomic mass is 10.1. The maximum absolute atomic E-state index is 14.9. The molecule has 8 amide bonds. The molecule has 0 radical (unpaired) electrons. The minimum Gasteiger partial charge on any atom is -0.383 e. The number of alkyl halides is 3. The highest BCUT2D eigenvalue weighted by Gasteiger charge is 2.33. The van der Waals surface area contributed by atoms with E-state index in [-0.39, 0.29) is 87.1 Å². The van der Waals surface area contributed by atoms with E-state index < -0.39 is 65.0 Å². The van der Waals surface area contributed by atoms with E-state index in [1.165, 1.54) is 111 Å². The Hall–Kier alpha value is -16.3. The number of benzene rings is 8. The molecule has 16 N–H and O–H groups in total. The third-order valence-corrected chi connectivity index (χ3v) is 19.5. The Kier molecular flexibility index (Phi) is 26.4. The summed E-state index contributed by atoms with van der Waals surface area (Å²) in [5.74, 6) is -2.29. The number of nitrogens with one attached hydrogen (secondary N) is 8. The zero-order valence-corrected chi connectivity index (χ0v) is 70.3. The Balaban J connectivity index is 0.000000146. The van der Waals surface area contributed by atoms with Crippen LogP contribution in [0, 0.1) is 49.9 Å². The fourth-order valence-electron chi connectivity index (χ4n) is 13.4. The topological polar surface area (TPSA) is 443 Å². The van der Waals surface area contributed by atoms with Crippen molar-refractivity contribution in [3.63, 3.8) is 0 Å². The molecule has 0 saturated carbocycles. The second-order valence-corrected chi connectivity index (χ2v) is 30.2. The molecule has 0 fully saturated rings. The van der Waals surface area contributed by atoms with Gasteiger partial charge in [-0.05, 0) is 190 Å². The van der Waals surface area contributed by atoms with E-state index in [0.717, 1.165) is 17.2 Å². The zero-order chi connectivity index (χ0) is 91.9. The fraction of sp³-hybridized carbons (Fsp3) is 0.182. The highest BCUT2D eigenvalue weighted by molar-refractivity contribution is 6.06. The molecule has 128 heavy (non-hydrogen) atoms. The number of urea groups is 4. The van der Waals surface area contributed by atoms with E-state index in [1.54, 1.807) is 80.2 Å². The first-order chi connectivity index (χ1) is 61.0. The van der Waals surface area contributed by atoms with Gasteiger partial charge in [0.1, 0.15) is 100 Å². The highest BCUT2D eigenvalue weighted by atomic mass is 19.4. The Morgan fingerprint density at radius 1 is 0.312 bits per heavy atom. The number of hydrogen-bond acceptors (Lipinski definition) is 20. The van der Waals surface area contributed by atoms with Gasteiger partial charge >= 0.3 is 30.3 Å². The lowest BCUT2D eigenvalue weighted by Gasteiger charge is -2.13. The number of nitrogens with zero attached hydrogens (tertiary/aromatic N) is 16. The molecule has 8 aromatic carbocycles. The first-order valence-corrected chi connectivity index (χ1v) is 39.5. The van der Waals surface area contributed by atoms with Gasteiger partial charge in [0.15, 0.2) is 22.6 Å². The molecule has 16 rings (SSSR count). The summed E-state index contributed by atoms with van der Waals surface area (Å²) in [6, 6.07) is 38.4. The number of rotatable bonds is 16. The van der Waals surface area contributed by atoms with Crippen LogP contribution >= 0.6 is 0 Å². The lowest BCUT2D eigenvalue weighted by Crippen LogP contribution is -2.20. The fourth-order valence-corrected chi connectivity index (χ4v) is 13.4. The SMILES string of the molecule is CC(C)n1nc(-c2ccc(NC(=O)Nc3ccccc3)c(F)c2)c2c(N)ncnc21.Cc1ccc(F)c(NC(=O)Nc2ccc(-c3nn(C(C)C)c4ncnc(N)c34)cc2F)c1.Cc1ccc(NC(=O)Nc2ccc(-c3nn(C(C)C)c4ncnc(N)c34)cc2F)cc1C(F)(F)F.Cc1cccc(NC(=O)Nc2ccc(-c3nn(C(C)C)c4ncnc(N)c34)cc2F)c1. The van der Waals surface area contributed by atoms with Crippen LogP contribution in [0.4, 0.5) is 123 Å². The number of anilines is 12. The normalized spacial score (nSPS) is 11.3. The van der Waals surface area contributed by atoms with E-state index in [1.807, 2.05) is 86.6 Å². The van der Waals surface area contributed by atoms with Gasteiger partial charge in [-0.3, -0.25) is 0 Å². The molecule has 16 aromatic rings. The summed E-state index contributed by atoms with van der Waals surface area (Å²) in [6.07, 6.45) is 0.857. The molecular weight excluding hydrogens is 1670 g/mol. The summed E-state index contributed by atoms with van der Waals surface area (Å²) in [5.41, 5.74) is 31.9. The smallest absolute Gasteiger partial charge is 0.383 e. The highest BCUT2D eigenvalue weighted by Crippen LogP contribution is 2.40. The predicted octanol–water partition coefficient (Wildman–Crippen LogP) is 19.8. The average Bonchev–Trinajstić information content (AvgIpc) is 1.63. The van der Waals surface area contributed by atoms with Gasteiger partial charge in [-0.15, -0.1) is 0 Å². The maximum Gasteiger partial charge on any atom is 0.416 e. The number of aromatic nitrogens is 16. The molecule has 8 heterocycles. The van der Waals surface area contributed by atoms with Gasteiger partial charge < -0.3 is 65.5 Å². The van der Waals surface area contributed by atoms with Crippen molar-refractivity contribution in [2.75, 3.05) is 65.5 Å². The number of para-hydroxylation sites is 1. The Morgan fingerprint density at radius 3 is 0.938 bits per heavy atom. The van der Waals surface area contributed by atoms with Crippen LogP contribution < -0.4 is 65.5 Å². The summed E-state index contributed by atoms with van der Waals surface area (Å²) in [7, 11) is 0. The van der Waals surface area contributed by atoms with Crippen LogP contribution in [-0.2, 0) is 6.18 Å². The van der Waals surface area contributed by atoms with Crippen LogP contribution in [0.1, 0.15) is 102 Å². The van der Waals surface area contributed by atoms with Crippen LogP contribution in [0.2, 0.25) is 0 Å². The van der Waals surface area contributed by atoms with Gasteiger partial charge in [-0.2, -0.15) is 33.6 Å². The number of nitrogen functional groups attached to an aromatic ring is 4. The van der Waals surface area contributed by atoms with Crippen molar-refractivity contribution in [2.24, 2.45) is 0 Å².